The van der Waals surface area contributed by atoms with Gasteiger partial charge in [0.1, 0.15) is 17.5 Å². The molecule has 1 heterocycles. The Morgan fingerprint density at radius 2 is 1.68 bits per heavy atom. The molecule has 130 valence electrons. The first-order valence-electron chi connectivity index (χ1n) is 8.82. The number of carbonyl (C=O) groups is 1. The van der Waals surface area contributed by atoms with E-state index in [0.29, 0.717) is 6.04 Å². The van der Waals surface area contributed by atoms with Crippen LogP contribution in [-0.2, 0) is 4.79 Å². The number of likely N-dealkylation sites (N-methyl/N-ethyl adjacent to an activating group) is 1. The summed E-state index contributed by atoms with van der Waals surface area (Å²) < 4.78 is 5.79. The van der Waals surface area contributed by atoms with E-state index in [1.807, 2.05) is 61.6 Å². The van der Waals surface area contributed by atoms with Crippen LogP contribution in [0.3, 0.4) is 0 Å². The Hall–Kier alpha value is -2.37. The van der Waals surface area contributed by atoms with Crippen LogP contribution in [0.5, 0.6) is 11.5 Å². The van der Waals surface area contributed by atoms with Gasteiger partial charge in [-0.1, -0.05) is 18.2 Å². The second-order valence-electron chi connectivity index (χ2n) is 6.83. The fourth-order valence-electron chi connectivity index (χ4n) is 3.27. The van der Waals surface area contributed by atoms with Gasteiger partial charge in [0, 0.05) is 18.8 Å². The zero-order chi connectivity index (χ0) is 17.2. The molecule has 1 aliphatic carbocycles. The molecule has 0 radical (unpaired) electrons. The molecule has 2 atom stereocenters. The van der Waals surface area contributed by atoms with Crippen LogP contribution in [0.4, 0.5) is 5.69 Å². The standard InChI is InChI=1S/C20H23N3O2/c1-23(20(24)19-13-18(21-22-19)14-7-8-14)15-9-11-17(12-10-15)25-16-5-3-2-4-6-16/h2-6,9-12,14,18-19,21-22H,7-8,13H2,1H3. The molecule has 5 heteroatoms. The molecular formula is C20H23N3O2. The zero-order valence-corrected chi connectivity index (χ0v) is 14.3. The summed E-state index contributed by atoms with van der Waals surface area (Å²) >= 11 is 0. The van der Waals surface area contributed by atoms with E-state index in [9.17, 15) is 4.79 Å². The van der Waals surface area contributed by atoms with E-state index in [1.54, 1.807) is 4.90 Å². The molecule has 2 unspecified atom stereocenters. The summed E-state index contributed by atoms with van der Waals surface area (Å²) in [6.45, 7) is 0. The lowest BCUT2D eigenvalue weighted by molar-refractivity contribution is -0.120. The van der Waals surface area contributed by atoms with Crippen LogP contribution in [0.1, 0.15) is 19.3 Å². The Balaban J connectivity index is 1.38. The van der Waals surface area contributed by atoms with E-state index < -0.39 is 0 Å². The molecule has 2 aromatic carbocycles. The Bertz CT molecular complexity index is 728. The van der Waals surface area contributed by atoms with Gasteiger partial charge in [-0.05, 0) is 61.6 Å². The van der Waals surface area contributed by atoms with Crippen LogP contribution < -0.4 is 20.5 Å². The van der Waals surface area contributed by atoms with Crippen molar-refractivity contribution in [3.63, 3.8) is 0 Å². The topological polar surface area (TPSA) is 53.6 Å². The number of benzene rings is 2. The molecule has 2 N–H and O–H groups in total. The monoisotopic (exact) mass is 337 g/mol. The first kappa shape index (κ1) is 16.1. The Kier molecular flexibility index (Phi) is 4.42. The maximum atomic E-state index is 12.7. The number of nitrogens with zero attached hydrogens (tertiary/aromatic N) is 1. The minimum atomic E-state index is -0.157. The number of ether oxygens (including phenoxy) is 1. The number of carbonyl (C=O) groups excluding carboxylic acids is 1. The third kappa shape index (κ3) is 3.67. The quantitative estimate of drug-likeness (QED) is 0.880. The Labute approximate surface area is 148 Å². The van der Waals surface area contributed by atoms with Crippen LogP contribution in [0.25, 0.3) is 0 Å². The molecule has 5 nitrogen and oxygen atoms in total. The number of anilines is 1. The van der Waals surface area contributed by atoms with Gasteiger partial charge in [-0.25, -0.2) is 5.43 Å². The van der Waals surface area contributed by atoms with E-state index in [1.165, 1.54) is 12.8 Å². The SMILES string of the molecule is CN(C(=O)C1CC(C2CC2)NN1)c1ccc(Oc2ccccc2)cc1. The fourth-order valence-corrected chi connectivity index (χ4v) is 3.27. The number of hydrazine groups is 1. The minimum absolute atomic E-state index is 0.0902. The molecule has 2 aliphatic rings. The van der Waals surface area contributed by atoms with E-state index in [4.69, 9.17) is 4.74 Å². The van der Waals surface area contributed by atoms with E-state index >= 15 is 0 Å². The highest BCUT2D eigenvalue weighted by Crippen LogP contribution is 2.36. The molecule has 2 fully saturated rings. The van der Waals surface area contributed by atoms with Crippen molar-refractivity contribution in [3.8, 4) is 11.5 Å². The first-order valence-corrected chi connectivity index (χ1v) is 8.82. The van der Waals surface area contributed by atoms with Crippen molar-refractivity contribution in [3.05, 3.63) is 54.6 Å². The first-order chi connectivity index (χ1) is 12.2. The van der Waals surface area contributed by atoms with Gasteiger partial charge in [-0.15, -0.1) is 0 Å². The average molecular weight is 337 g/mol. The van der Waals surface area contributed by atoms with E-state index in [0.717, 1.165) is 29.5 Å². The van der Waals surface area contributed by atoms with Crippen molar-refractivity contribution in [2.24, 2.45) is 5.92 Å². The second-order valence-corrected chi connectivity index (χ2v) is 6.83. The predicted octanol–water partition coefficient (Wildman–Crippen LogP) is 3.09. The van der Waals surface area contributed by atoms with Crippen molar-refractivity contribution in [2.75, 3.05) is 11.9 Å². The van der Waals surface area contributed by atoms with E-state index in [2.05, 4.69) is 10.9 Å². The van der Waals surface area contributed by atoms with Crippen molar-refractivity contribution in [1.82, 2.24) is 10.9 Å². The van der Waals surface area contributed by atoms with Gasteiger partial charge < -0.3 is 9.64 Å². The molecule has 0 spiro atoms. The lowest BCUT2D eigenvalue weighted by Crippen LogP contribution is -2.44. The third-order valence-corrected chi connectivity index (χ3v) is 4.96. The highest BCUT2D eigenvalue weighted by Gasteiger charge is 2.39. The van der Waals surface area contributed by atoms with Crippen LogP contribution in [0, 0.1) is 5.92 Å². The normalized spacial score (nSPS) is 22.6. The van der Waals surface area contributed by atoms with Gasteiger partial charge in [0.05, 0.1) is 0 Å². The number of nitrogens with one attached hydrogen (secondary N) is 2. The fraction of sp³-hybridized carbons (Fsp3) is 0.350. The molecule has 0 bridgehead atoms. The summed E-state index contributed by atoms with van der Waals surface area (Å²) in [5.41, 5.74) is 7.29. The summed E-state index contributed by atoms with van der Waals surface area (Å²) in [5, 5.41) is 0. The molecule has 25 heavy (non-hydrogen) atoms. The minimum Gasteiger partial charge on any atom is -0.457 e. The van der Waals surface area contributed by atoms with Crippen LogP contribution in [0.2, 0.25) is 0 Å². The summed E-state index contributed by atoms with van der Waals surface area (Å²) in [6, 6.07) is 17.5. The van der Waals surface area contributed by atoms with Gasteiger partial charge in [0.15, 0.2) is 0 Å². The van der Waals surface area contributed by atoms with Gasteiger partial charge in [-0.3, -0.25) is 10.2 Å². The van der Waals surface area contributed by atoms with Gasteiger partial charge in [-0.2, -0.15) is 0 Å². The number of hydrogen-bond donors (Lipinski definition) is 2. The molecule has 1 amide bonds. The van der Waals surface area contributed by atoms with Crippen molar-refractivity contribution in [1.29, 1.82) is 0 Å². The number of hydrogen-bond acceptors (Lipinski definition) is 4. The van der Waals surface area contributed by atoms with E-state index in [-0.39, 0.29) is 11.9 Å². The lowest BCUT2D eigenvalue weighted by atomic mass is 10.1. The highest BCUT2D eigenvalue weighted by molar-refractivity contribution is 5.96. The molecule has 1 saturated carbocycles. The van der Waals surface area contributed by atoms with Crippen molar-refractivity contribution in [2.45, 2.75) is 31.3 Å². The Morgan fingerprint density at radius 1 is 1.00 bits per heavy atom. The second kappa shape index (κ2) is 6.86. The lowest BCUT2D eigenvalue weighted by Gasteiger charge is -2.21. The largest absolute Gasteiger partial charge is 0.457 e. The number of rotatable bonds is 5. The third-order valence-electron chi connectivity index (χ3n) is 4.96. The molecule has 2 aromatic rings. The van der Waals surface area contributed by atoms with Gasteiger partial charge in [0.25, 0.3) is 0 Å². The van der Waals surface area contributed by atoms with Crippen LogP contribution in [-0.4, -0.2) is 25.0 Å². The van der Waals surface area contributed by atoms with Crippen LogP contribution in [0.15, 0.2) is 54.6 Å². The van der Waals surface area contributed by atoms with Gasteiger partial charge >= 0.3 is 0 Å². The smallest absolute Gasteiger partial charge is 0.245 e. The molecule has 0 aromatic heterocycles. The molecule has 1 saturated heterocycles. The molecular weight excluding hydrogens is 314 g/mol. The summed E-state index contributed by atoms with van der Waals surface area (Å²) in [4.78, 5) is 14.4. The molecule has 4 rings (SSSR count). The maximum absolute atomic E-state index is 12.7. The summed E-state index contributed by atoms with van der Waals surface area (Å²) in [7, 11) is 1.82. The van der Waals surface area contributed by atoms with Crippen molar-refractivity contribution < 1.29 is 9.53 Å². The summed E-state index contributed by atoms with van der Waals surface area (Å²) in [6.07, 6.45) is 3.42. The number of amides is 1. The molecule has 1 aliphatic heterocycles. The average Bonchev–Trinajstić information content (AvgIpc) is 3.39. The summed E-state index contributed by atoms with van der Waals surface area (Å²) in [5.74, 6) is 2.38. The van der Waals surface area contributed by atoms with Gasteiger partial charge in [0.2, 0.25) is 5.91 Å². The predicted molar refractivity (Wildman–Crippen MR) is 97.6 cm³/mol. The Morgan fingerprint density at radius 3 is 2.36 bits per heavy atom. The highest BCUT2D eigenvalue weighted by atomic mass is 16.5. The zero-order valence-electron chi connectivity index (χ0n) is 14.3. The number of para-hydroxylation sites is 1. The van der Waals surface area contributed by atoms with Crippen molar-refractivity contribution >= 4 is 11.6 Å². The van der Waals surface area contributed by atoms with Crippen LogP contribution >= 0.6 is 0 Å². The maximum Gasteiger partial charge on any atom is 0.245 e.